The highest BCUT2D eigenvalue weighted by Crippen LogP contribution is 2.07. The molecular formula is C23H46O4. The molecule has 0 saturated carbocycles. The van der Waals surface area contributed by atoms with Crippen LogP contribution in [0.4, 0.5) is 0 Å². The molecule has 0 fully saturated rings. The van der Waals surface area contributed by atoms with Gasteiger partial charge in [-0.1, -0.05) is 84.5 Å². The molecule has 0 N–H and O–H groups in total. The summed E-state index contributed by atoms with van der Waals surface area (Å²) in [5, 5.41) is 0. The van der Waals surface area contributed by atoms with Crippen LogP contribution in [0.3, 0.4) is 0 Å². The fourth-order valence-corrected chi connectivity index (χ4v) is 2.94. The largest absolute Gasteiger partial charge is 0.466 e. The molecule has 0 saturated heterocycles. The molecule has 0 aliphatic carbocycles. The van der Waals surface area contributed by atoms with Crippen LogP contribution >= 0.6 is 0 Å². The summed E-state index contributed by atoms with van der Waals surface area (Å²) in [7, 11) is 0. The minimum atomic E-state index is -0.0951. The highest BCUT2D eigenvalue weighted by molar-refractivity contribution is 5.69. The van der Waals surface area contributed by atoms with Crippen molar-refractivity contribution in [1.82, 2.24) is 0 Å². The minimum absolute atomic E-state index is 0.0951. The van der Waals surface area contributed by atoms with Gasteiger partial charge in [-0.2, -0.15) is 0 Å². The molecule has 0 amide bonds. The summed E-state index contributed by atoms with van der Waals surface area (Å²) in [6.45, 7) is 7.74. The van der Waals surface area contributed by atoms with Gasteiger partial charge in [0, 0.05) is 19.6 Å². The lowest BCUT2D eigenvalue weighted by atomic mass is 10.1. The van der Waals surface area contributed by atoms with Crippen LogP contribution in [0.15, 0.2) is 0 Å². The third-order valence-electron chi connectivity index (χ3n) is 4.69. The van der Waals surface area contributed by atoms with Gasteiger partial charge in [-0.05, 0) is 19.3 Å². The number of rotatable bonds is 22. The number of ether oxygens (including phenoxy) is 3. The molecule has 0 radical (unpaired) electrons. The standard InChI is InChI=1S/C23H46O4/c1-3-5-7-9-11-12-14-18-25-21-22-26-19-16-17-23(24)27-20-15-13-10-8-6-4-2/h3-22H2,1-2H3. The van der Waals surface area contributed by atoms with Crippen LogP contribution < -0.4 is 0 Å². The lowest BCUT2D eigenvalue weighted by Gasteiger charge is -2.07. The van der Waals surface area contributed by atoms with Crippen molar-refractivity contribution in [3.05, 3.63) is 0 Å². The van der Waals surface area contributed by atoms with Gasteiger partial charge < -0.3 is 14.2 Å². The second-order valence-corrected chi connectivity index (χ2v) is 7.44. The number of hydrogen-bond acceptors (Lipinski definition) is 4. The Morgan fingerprint density at radius 1 is 0.519 bits per heavy atom. The van der Waals surface area contributed by atoms with E-state index in [4.69, 9.17) is 14.2 Å². The molecule has 0 aromatic rings. The number of esters is 1. The van der Waals surface area contributed by atoms with Crippen LogP contribution in [0.5, 0.6) is 0 Å². The number of unbranched alkanes of at least 4 members (excludes halogenated alkanes) is 11. The van der Waals surface area contributed by atoms with Crippen molar-refractivity contribution in [3.8, 4) is 0 Å². The van der Waals surface area contributed by atoms with E-state index in [1.54, 1.807) is 0 Å². The molecule has 0 aliphatic heterocycles. The van der Waals surface area contributed by atoms with Gasteiger partial charge in [-0.3, -0.25) is 4.79 Å². The zero-order valence-corrected chi connectivity index (χ0v) is 18.3. The van der Waals surface area contributed by atoms with Crippen LogP contribution in [-0.2, 0) is 19.0 Å². The van der Waals surface area contributed by atoms with Crippen LogP contribution in [0, 0.1) is 0 Å². The maximum atomic E-state index is 11.6. The van der Waals surface area contributed by atoms with Crippen molar-refractivity contribution in [1.29, 1.82) is 0 Å². The van der Waals surface area contributed by atoms with E-state index in [1.165, 1.54) is 64.2 Å². The van der Waals surface area contributed by atoms with Crippen molar-refractivity contribution in [2.45, 2.75) is 110 Å². The molecule has 0 unspecified atom stereocenters. The van der Waals surface area contributed by atoms with Crippen molar-refractivity contribution >= 4 is 5.97 Å². The predicted molar refractivity (Wildman–Crippen MR) is 113 cm³/mol. The van der Waals surface area contributed by atoms with Gasteiger partial charge in [0.15, 0.2) is 0 Å². The summed E-state index contributed by atoms with van der Waals surface area (Å²) >= 11 is 0. The van der Waals surface area contributed by atoms with Crippen LogP contribution in [-0.4, -0.2) is 39.0 Å². The molecule has 27 heavy (non-hydrogen) atoms. The molecule has 0 spiro atoms. The molecule has 0 atom stereocenters. The normalized spacial score (nSPS) is 11.0. The first-order valence-corrected chi connectivity index (χ1v) is 11.6. The summed E-state index contributed by atoms with van der Waals surface area (Å²) in [4.78, 5) is 11.6. The molecule has 0 aliphatic rings. The Morgan fingerprint density at radius 2 is 0.963 bits per heavy atom. The summed E-state index contributed by atoms with van der Waals surface area (Å²) in [6.07, 6.45) is 17.6. The Balaban J connectivity index is 3.11. The van der Waals surface area contributed by atoms with Crippen LogP contribution in [0.2, 0.25) is 0 Å². The van der Waals surface area contributed by atoms with E-state index in [0.717, 1.165) is 32.3 Å². The maximum Gasteiger partial charge on any atom is 0.305 e. The average Bonchev–Trinajstić information content (AvgIpc) is 2.67. The highest BCUT2D eigenvalue weighted by atomic mass is 16.5. The number of carbonyl (C=O) groups is 1. The predicted octanol–water partition coefficient (Wildman–Crippen LogP) is 6.45. The lowest BCUT2D eigenvalue weighted by Crippen LogP contribution is -2.09. The maximum absolute atomic E-state index is 11.6. The molecule has 0 rings (SSSR count). The van der Waals surface area contributed by atoms with E-state index in [2.05, 4.69) is 13.8 Å². The van der Waals surface area contributed by atoms with E-state index < -0.39 is 0 Å². The summed E-state index contributed by atoms with van der Waals surface area (Å²) < 4.78 is 16.3. The molecule has 4 heteroatoms. The number of carbonyl (C=O) groups excluding carboxylic acids is 1. The monoisotopic (exact) mass is 386 g/mol. The van der Waals surface area contributed by atoms with Gasteiger partial charge in [-0.25, -0.2) is 0 Å². The van der Waals surface area contributed by atoms with E-state index in [1.807, 2.05) is 0 Å². The fraction of sp³-hybridized carbons (Fsp3) is 0.957. The molecule has 0 bridgehead atoms. The van der Waals surface area contributed by atoms with E-state index in [9.17, 15) is 4.79 Å². The second-order valence-electron chi connectivity index (χ2n) is 7.44. The molecule has 4 nitrogen and oxygen atoms in total. The van der Waals surface area contributed by atoms with Gasteiger partial charge in [0.05, 0.1) is 19.8 Å². The fourth-order valence-electron chi connectivity index (χ4n) is 2.94. The Labute approximate surface area is 168 Å². The zero-order valence-electron chi connectivity index (χ0n) is 18.3. The van der Waals surface area contributed by atoms with Crippen molar-refractivity contribution in [2.75, 3.05) is 33.0 Å². The number of hydrogen-bond donors (Lipinski definition) is 0. The first-order chi connectivity index (χ1) is 13.3. The summed E-state index contributed by atoms with van der Waals surface area (Å²) in [5.74, 6) is -0.0951. The molecule has 0 aromatic heterocycles. The van der Waals surface area contributed by atoms with Crippen molar-refractivity contribution < 1.29 is 19.0 Å². The highest BCUT2D eigenvalue weighted by Gasteiger charge is 2.02. The van der Waals surface area contributed by atoms with E-state index >= 15 is 0 Å². The minimum Gasteiger partial charge on any atom is -0.466 e. The molecule has 162 valence electrons. The third kappa shape index (κ3) is 23.4. The van der Waals surface area contributed by atoms with E-state index in [0.29, 0.717) is 32.8 Å². The van der Waals surface area contributed by atoms with Crippen LogP contribution in [0.25, 0.3) is 0 Å². The Hall–Kier alpha value is -0.610. The molecule has 0 aromatic carbocycles. The van der Waals surface area contributed by atoms with Crippen molar-refractivity contribution in [2.24, 2.45) is 0 Å². The van der Waals surface area contributed by atoms with E-state index in [-0.39, 0.29) is 5.97 Å². The van der Waals surface area contributed by atoms with Gasteiger partial charge in [-0.15, -0.1) is 0 Å². The topological polar surface area (TPSA) is 44.8 Å². The van der Waals surface area contributed by atoms with Gasteiger partial charge >= 0.3 is 5.97 Å². The molecular weight excluding hydrogens is 340 g/mol. The van der Waals surface area contributed by atoms with Gasteiger partial charge in [0.1, 0.15) is 0 Å². The lowest BCUT2D eigenvalue weighted by molar-refractivity contribution is -0.144. The SMILES string of the molecule is CCCCCCCCCOCCOCCCC(=O)OCCCCCCCC. The van der Waals surface area contributed by atoms with Crippen LogP contribution in [0.1, 0.15) is 110 Å². The smallest absolute Gasteiger partial charge is 0.305 e. The molecule has 0 heterocycles. The zero-order chi connectivity index (χ0) is 19.8. The average molecular weight is 387 g/mol. The second kappa shape index (κ2) is 23.4. The quantitative estimate of drug-likeness (QED) is 0.158. The van der Waals surface area contributed by atoms with Gasteiger partial charge in [0.25, 0.3) is 0 Å². The first kappa shape index (κ1) is 26.4. The van der Waals surface area contributed by atoms with Gasteiger partial charge in [0.2, 0.25) is 0 Å². The summed E-state index contributed by atoms with van der Waals surface area (Å²) in [6, 6.07) is 0. The summed E-state index contributed by atoms with van der Waals surface area (Å²) in [5.41, 5.74) is 0. The first-order valence-electron chi connectivity index (χ1n) is 11.6. The Kier molecular flexibility index (Phi) is 22.9. The third-order valence-corrected chi connectivity index (χ3v) is 4.69. The Morgan fingerprint density at radius 3 is 1.52 bits per heavy atom. The Bertz CT molecular complexity index is 294. The van der Waals surface area contributed by atoms with Crippen molar-refractivity contribution in [3.63, 3.8) is 0 Å².